The highest BCUT2D eigenvalue weighted by atomic mass is 31.2. The zero-order valence-corrected chi connectivity index (χ0v) is 52.9. The second kappa shape index (κ2) is 58.1. The Morgan fingerprint density at radius 3 is 1.18 bits per heavy atom. The topological polar surface area (TPSA) is 114 Å². The van der Waals surface area contributed by atoms with E-state index in [2.05, 4.69) is 111 Å². The number of hydrogen-bond donors (Lipinski definition) is 1. The van der Waals surface area contributed by atoms with Gasteiger partial charge in [-0.25, -0.2) is 0 Å². The summed E-state index contributed by atoms with van der Waals surface area (Å²) < 4.78 is 30.4. The quantitative estimate of drug-likeness (QED) is 0.0212. The summed E-state index contributed by atoms with van der Waals surface area (Å²) in [5, 5.41) is 3.02. The van der Waals surface area contributed by atoms with Gasteiger partial charge >= 0.3 is 5.97 Å². The van der Waals surface area contributed by atoms with Crippen LogP contribution in [0.3, 0.4) is 0 Å². The van der Waals surface area contributed by atoms with E-state index in [-0.39, 0.29) is 24.9 Å². The number of allylic oxidation sites excluding steroid dienone is 15. The molecule has 0 aromatic heterocycles. The fourth-order valence-electron chi connectivity index (χ4n) is 8.92. The monoisotopic (exact) mass is 1120 g/mol. The average Bonchev–Trinajstić information content (AvgIpc) is 3.41. The molecule has 0 aromatic carbocycles. The van der Waals surface area contributed by atoms with E-state index in [0.717, 1.165) is 128 Å². The zero-order valence-electron chi connectivity index (χ0n) is 52.1. The van der Waals surface area contributed by atoms with Gasteiger partial charge < -0.3 is 28.5 Å². The molecular weight excluding hydrogens is 1000 g/mol. The van der Waals surface area contributed by atoms with Crippen molar-refractivity contribution >= 4 is 19.7 Å². The largest absolute Gasteiger partial charge is 0.756 e. The number of esters is 1. The number of carbonyl (C=O) groups is 2. The molecule has 79 heavy (non-hydrogen) atoms. The van der Waals surface area contributed by atoms with Crippen LogP contribution in [0.25, 0.3) is 0 Å². The smallest absolute Gasteiger partial charge is 0.306 e. The van der Waals surface area contributed by atoms with Crippen LogP contribution < -0.4 is 10.2 Å². The first kappa shape index (κ1) is 75.9. The summed E-state index contributed by atoms with van der Waals surface area (Å²) in [5.41, 5.74) is 0. The average molecular weight is 1120 g/mol. The number of quaternary nitrogens is 1. The number of rotatable bonds is 58. The lowest BCUT2D eigenvalue weighted by atomic mass is 10.0. The second-order valence-corrected chi connectivity index (χ2v) is 24.3. The number of carbonyl (C=O) groups excluding carboxylic acids is 2. The number of nitrogens with zero attached hydrogens (tertiary/aromatic N) is 1. The first-order valence-corrected chi connectivity index (χ1v) is 34.0. The molecule has 1 amide bonds. The summed E-state index contributed by atoms with van der Waals surface area (Å²) in [6.45, 7) is 6.77. The van der Waals surface area contributed by atoms with Crippen molar-refractivity contribution in [3.63, 3.8) is 0 Å². The molecule has 0 fully saturated rings. The molecule has 3 atom stereocenters. The molecular formula is C69H123N2O7P. The number of phosphoric ester groups is 1. The fourth-order valence-corrected chi connectivity index (χ4v) is 9.65. The molecule has 3 unspecified atom stereocenters. The fraction of sp³-hybridized carbons (Fsp3) is 0.739. The van der Waals surface area contributed by atoms with Gasteiger partial charge in [-0.2, -0.15) is 0 Å². The van der Waals surface area contributed by atoms with Crippen LogP contribution >= 0.6 is 7.82 Å². The third-order valence-electron chi connectivity index (χ3n) is 14.0. The van der Waals surface area contributed by atoms with Crippen LogP contribution in [-0.4, -0.2) is 69.4 Å². The molecule has 0 heterocycles. The molecule has 0 spiro atoms. The molecule has 0 bridgehead atoms. The Morgan fingerprint density at radius 1 is 0.443 bits per heavy atom. The lowest BCUT2D eigenvalue weighted by Crippen LogP contribution is -2.47. The standard InChI is InChI=1S/C69H123N2O7P/c1-7-10-13-16-19-22-25-28-30-32-34-35-37-39-41-44-47-50-53-56-59-62-69(73)78-67(60-57-54-51-48-45-42-27-24-21-18-15-12-9-3)66(65-77-79(74,75)76-64-63-71(4,5)6)70-68(72)61-58-55-52-49-46-43-40-38-36-33-31-29-26-23-20-17-14-11-8-2/h19-20,22-23,28-31,34-36,38-39,41,57,60,66-67H,7-18,21,24-27,32-33,37,40,42-56,58-59,61-65H2,1-6H3,(H-,70,72,74,75)/b22-19-,23-20-,30-28-,31-29-,35-34-,38-36-,41-39-,60-57+. The van der Waals surface area contributed by atoms with Crippen molar-refractivity contribution in [3.8, 4) is 0 Å². The molecule has 0 aliphatic heterocycles. The van der Waals surface area contributed by atoms with Crippen LogP contribution in [0, 0.1) is 0 Å². The summed E-state index contributed by atoms with van der Waals surface area (Å²) >= 11 is 0. The highest BCUT2D eigenvalue weighted by molar-refractivity contribution is 7.45. The summed E-state index contributed by atoms with van der Waals surface area (Å²) in [7, 11) is 1.15. The van der Waals surface area contributed by atoms with Gasteiger partial charge in [0.1, 0.15) is 19.3 Å². The summed E-state index contributed by atoms with van der Waals surface area (Å²) in [6, 6.07) is -0.909. The number of likely N-dealkylation sites (N-methyl/N-ethyl adjacent to an activating group) is 1. The van der Waals surface area contributed by atoms with Crippen molar-refractivity contribution in [1.29, 1.82) is 0 Å². The van der Waals surface area contributed by atoms with Crippen molar-refractivity contribution in [2.45, 2.75) is 290 Å². The van der Waals surface area contributed by atoms with Crippen molar-refractivity contribution in [3.05, 3.63) is 97.2 Å². The lowest BCUT2D eigenvalue weighted by Gasteiger charge is -2.30. The van der Waals surface area contributed by atoms with Crippen molar-refractivity contribution in [2.24, 2.45) is 0 Å². The first-order chi connectivity index (χ1) is 38.4. The maximum absolute atomic E-state index is 13.6. The van der Waals surface area contributed by atoms with Crippen LogP contribution in [0.4, 0.5) is 0 Å². The van der Waals surface area contributed by atoms with E-state index in [4.69, 9.17) is 13.8 Å². The Balaban J connectivity index is 5.32. The molecule has 0 radical (unpaired) electrons. The van der Waals surface area contributed by atoms with Gasteiger partial charge in [-0.3, -0.25) is 14.2 Å². The van der Waals surface area contributed by atoms with E-state index in [1.54, 1.807) is 0 Å². The number of ether oxygens (including phenoxy) is 1. The van der Waals surface area contributed by atoms with Crippen LogP contribution in [0.2, 0.25) is 0 Å². The van der Waals surface area contributed by atoms with E-state index >= 15 is 0 Å². The summed E-state index contributed by atoms with van der Waals surface area (Å²) in [4.78, 5) is 40.1. The van der Waals surface area contributed by atoms with Gasteiger partial charge in [-0.05, 0) is 115 Å². The van der Waals surface area contributed by atoms with E-state index < -0.39 is 26.6 Å². The van der Waals surface area contributed by atoms with Gasteiger partial charge in [0.15, 0.2) is 0 Å². The van der Waals surface area contributed by atoms with Crippen LogP contribution in [-0.2, 0) is 27.9 Å². The third kappa shape index (κ3) is 59.4. The molecule has 0 aliphatic carbocycles. The number of amides is 1. The molecule has 0 saturated carbocycles. The van der Waals surface area contributed by atoms with Crippen LogP contribution in [0.1, 0.15) is 278 Å². The number of unbranched alkanes of at least 4 members (excludes halogenated alkanes) is 28. The Bertz CT molecular complexity index is 1670. The normalized spacial score (nSPS) is 14.3. The first-order valence-electron chi connectivity index (χ1n) is 32.5. The second-order valence-electron chi connectivity index (χ2n) is 22.9. The van der Waals surface area contributed by atoms with Gasteiger partial charge in [0.05, 0.1) is 33.8 Å². The van der Waals surface area contributed by atoms with E-state index in [9.17, 15) is 19.0 Å². The van der Waals surface area contributed by atoms with Gasteiger partial charge in [-0.15, -0.1) is 0 Å². The minimum Gasteiger partial charge on any atom is -0.756 e. The van der Waals surface area contributed by atoms with Crippen molar-refractivity contribution in [2.75, 3.05) is 40.9 Å². The number of hydrogen-bond acceptors (Lipinski definition) is 7. The minimum atomic E-state index is -4.72. The van der Waals surface area contributed by atoms with Crippen LogP contribution in [0.5, 0.6) is 0 Å². The van der Waals surface area contributed by atoms with Crippen molar-refractivity contribution in [1.82, 2.24) is 5.32 Å². The maximum Gasteiger partial charge on any atom is 0.306 e. The minimum absolute atomic E-state index is 0.0327. The third-order valence-corrected chi connectivity index (χ3v) is 15.0. The van der Waals surface area contributed by atoms with Gasteiger partial charge in [0, 0.05) is 12.8 Å². The van der Waals surface area contributed by atoms with Gasteiger partial charge in [0.2, 0.25) is 5.91 Å². The van der Waals surface area contributed by atoms with Gasteiger partial charge in [0.25, 0.3) is 7.82 Å². The molecule has 0 rings (SSSR count). The Hall–Kier alpha value is -3.07. The molecule has 9 nitrogen and oxygen atoms in total. The summed E-state index contributed by atoms with van der Waals surface area (Å²) in [5.74, 6) is -0.577. The van der Waals surface area contributed by atoms with Gasteiger partial charge in [-0.1, -0.05) is 247 Å². The summed E-state index contributed by atoms with van der Waals surface area (Å²) in [6.07, 6.45) is 77.9. The van der Waals surface area contributed by atoms with E-state index in [1.165, 1.54) is 109 Å². The predicted molar refractivity (Wildman–Crippen MR) is 339 cm³/mol. The Kier molecular flexibility index (Phi) is 55.9. The molecule has 10 heteroatoms. The molecule has 0 aromatic rings. The highest BCUT2D eigenvalue weighted by Crippen LogP contribution is 2.38. The van der Waals surface area contributed by atoms with E-state index in [0.29, 0.717) is 23.9 Å². The molecule has 0 saturated heterocycles. The molecule has 0 aliphatic rings. The Morgan fingerprint density at radius 2 is 0.772 bits per heavy atom. The zero-order chi connectivity index (χ0) is 57.9. The molecule has 1 N–H and O–H groups in total. The highest BCUT2D eigenvalue weighted by Gasteiger charge is 2.27. The number of phosphoric acid groups is 1. The maximum atomic E-state index is 13.6. The predicted octanol–water partition coefficient (Wildman–Crippen LogP) is 19.7. The SMILES string of the molecule is CCCCC/C=C\C/C=C\C/C=C\C/C=C\CCCCCCCC(=O)OC(/C=C/CCCCCCCCCCCCC)C(COP(=O)([O-])OCC[N+](C)(C)C)NC(=O)CCCCCCCC/C=C\C/C=C\C/C=C\CCCCC. The van der Waals surface area contributed by atoms with Crippen LogP contribution in [0.15, 0.2) is 97.2 Å². The lowest BCUT2D eigenvalue weighted by molar-refractivity contribution is -0.870. The number of nitrogens with one attached hydrogen (secondary N) is 1. The van der Waals surface area contributed by atoms with E-state index in [1.807, 2.05) is 33.3 Å². The Labute approximate surface area is 488 Å². The molecule has 456 valence electrons. The van der Waals surface area contributed by atoms with Crippen molar-refractivity contribution < 1.29 is 37.3 Å².